The van der Waals surface area contributed by atoms with Gasteiger partial charge in [0.25, 0.3) is 0 Å². The molecule has 0 fully saturated rings. The Labute approximate surface area is 120 Å². The Kier molecular flexibility index (Phi) is 5.83. The Balaban J connectivity index is 2.41. The van der Waals surface area contributed by atoms with E-state index in [0.717, 1.165) is 24.0 Å². The minimum Gasteiger partial charge on any atom is -0.324 e. The van der Waals surface area contributed by atoms with Crippen LogP contribution < -0.4 is 5.73 Å². The largest absolute Gasteiger partial charge is 0.324 e. The van der Waals surface area contributed by atoms with E-state index in [1.165, 1.54) is 5.56 Å². The number of nitrogens with two attached hydrogens (primary N) is 1. The third-order valence-corrected chi connectivity index (χ3v) is 3.39. The van der Waals surface area contributed by atoms with E-state index in [9.17, 15) is 0 Å². The highest BCUT2D eigenvalue weighted by molar-refractivity contribution is 9.10. The lowest BCUT2D eigenvalue weighted by atomic mass is 9.96. The molecule has 0 aliphatic carbocycles. The molecule has 0 amide bonds. The second-order valence-electron chi connectivity index (χ2n) is 6.25. The molecular formula is C15H25BrN2. The molecule has 0 saturated carbocycles. The average Bonchev–Trinajstić information content (AvgIpc) is 2.24. The summed E-state index contributed by atoms with van der Waals surface area (Å²) in [4.78, 5) is 2.36. The highest BCUT2D eigenvalue weighted by Gasteiger charge is 2.14. The third kappa shape index (κ3) is 5.98. The van der Waals surface area contributed by atoms with Crippen molar-refractivity contribution in [2.45, 2.75) is 33.2 Å². The first-order chi connectivity index (χ1) is 8.28. The molecule has 0 aromatic heterocycles. The number of nitrogens with zero attached hydrogens (tertiary/aromatic N) is 1. The van der Waals surface area contributed by atoms with Gasteiger partial charge in [0.05, 0.1) is 0 Å². The quantitative estimate of drug-likeness (QED) is 0.895. The van der Waals surface area contributed by atoms with Gasteiger partial charge in [0.15, 0.2) is 0 Å². The van der Waals surface area contributed by atoms with Gasteiger partial charge in [0.1, 0.15) is 0 Å². The molecule has 0 heterocycles. The fourth-order valence-electron chi connectivity index (χ4n) is 2.12. The van der Waals surface area contributed by atoms with Gasteiger partial charge in [-0.3, -0.25) is 0 Å². The lowest BCUT2D eigenvalue weighted by molar-refractivity contribution is 0.221. The summed E-state index contributed by atoms with van der Waals surface area (Å²) in [7, 11) is 2.17. The molecule has 1 unspecified atom stereocenters. The lowest BCUT2D eigenvalue weighted by Gasteiger charge is -2.27. The summed E-state index contributed by atoms with van der Waals surface area (Å²) < 4.78 is 1.10. The van der Waals surface area contributed by atoms with Gasteiger partial charge in [-0.15, -0.1) is 0 Å². The fraction of sp³-hybridized carbons (Fsp3) is 0.600. The maximum absolute atomic E-state index is 6.22. The second-order valence-corrected chi connectivity index (χ2v) is 7.16. The van der Waals surface area contributed by atoms with Gasteiger partial charge in [0.2, 0.25) is 0 Å². The first kappa shape index (κ1) is 15.7. The summed E-state index contributed by atoms with van der Waals surface area (Å²) in [5.74, 6) is 0. The average molecular weight is 313 g/mol. The standard InChI is InChI=1S/C15H25BrN2/c1-15(2,3)11-18(4)10-9-14(17)12-5-7-13(16)8-6-12/h5-8,14H,9-11,17H2,1-4H3. The topological polar surface area (TPSA) is 29.3 Å². The molecule has 0 aliphatic heterocycles. The van der Waals surface area contributed by atoms with Crippen LogP contribution >= 0.6 is 15.9 Å². The predicted octanol–water partition coefficient (Wildman–Crippen LogP) is 3.82. The molecule has 3 heteroatoms. The van der Waals surface area contributed by atoms with Crippen molar-refractivity contribution in [2.24, 2.45) is 11.1 Å². The zero-order valence-electron chi connectivity index (χ0n) is 11.9. The molecular weight excluding hydrogens is 288 g/mol. The van der Waals surface area contributed by atoms with Gasteiger partial charge in [-0.1, -0.05) is 48.8 Å². The first-order valence-electron chi connectivity index (χ1n) is 6.47. The van der Waals surface area contributed by atoms with E-state index < -0.39 is 0 Å². The smallest absolute Gasteiger partial charge is 0.0307 e. The number of halogens is 1. The highest BCUT2D eigenvalue weighted by Crippen LogP contribution is 2.19. The minimum absolute atomic E-state index is 0.125. The molecule has 0 saturated heterocycles. The van der Waals surface area contributed by atoms with Crippen molar-refractivity contribution < 1.29 is 0 Å². The van der Waals surface area contributed by atoms with Crippen molar-refractivity contribution in [2.75, 3.05) is 20.1 Å². The summed E-state index contributed by atoms with van der Waals surface area (Å²) in [6.07, 6.45) is 0.994. The zero-order chi connectivity index (χ0) is 13.8. The van der Waals surface area contributed by atoms with Crippen LogP contribution in [0, 0.1) is 5.41 Å². The van der Waals surface area contributed by atoms with Crippen LogP contribution in [0.1, 0.15) is 38.8 Å². The SMILES string of the molecule is CN(CCC(N)c1ccc(Br)cc1)CC(C)(C)C. The highest BCUT2D eigenvalue weighted by atomic mass is 79.9. The molecule has 0 aliphatic rings. The maximum Gasteiger partial charge on any atom is 0.0307 e. The van der Waals surface area contributed by atoms with Crippen LogP contribution in [0.25, 0.3) is 0 Å². The van der Waals surface area contributed by atoms with Crippen molar-refractivity contribution in [1.29, 1.82) is 0 Å². The lowest BCUT2D eigenvalue weighted by Crippen LogP contribution is -2.31. The van der Waals surface area contributed by atoms with Gasteiger partial charge in [-0.25, -0.2) is 0 Å². The molecule has 0 spiro atoms. The predicted molar refractivity (Wildman–Crippen MR) is 82.6 cm³/mol. The van der Waals surface area contributed by atoms with Crippen LogP contribution in [-0.4, -0.2) is 25.0 Å². The fourth-order valence-corrected chi connectivity index (χ4v) is 2.39. The minimum atomic E-state index is 0.125. The maximum atomic E-state index is 6.22. The number of hydrogen-bond acceptors (Lipinski definition) is 2. The van der Waals surface area contributed by atoms with Crippen LogP contribution in [0.5, 0.6) is 0 Å². The van der Waals surface area contributed by atoms with E-state index in [4.69, 9.17) is 5.73 Å². The normalized spacial score (nSPS) is 13.9. The van der Waals surface area contributed by atoms with Crippen molar-refractivity contribution in [3.8, 4) is 0 Å². The summed E-state index contributed by atoms with van der Waals surface area (Å²) in [6, 6.07) is 8.42. The van der Waals surface area contributed by atoms with Gasteiger partial charge >= 0.3 is 0 Å². The van der Waals surface area contributed by atoms with Crippen molar-refractivity contribution in [3.63, 3.8) is 0 Å². The van der Waals surface area contributed by atoms with Crippen molar-refractivity contribution in [1.82, 2.24) is 4.90 Å². The Morgan fingerprint density at radius 3 is 2.28 bits per heavy atom. The van der Waals surface area contributed by atoms with Crippen LogP contribution in [0.15, 0.2) is 28.7 Å². The van der Waals surface area contributed by atoms with E-state index in [0.29, 0.717) is 5.41 Å². The molecule has 1 rings (SSSR count). The van der Waals surface area contributed by atoms with E-state index in [1.54, 1.807) is 0 Å². The van der Waals surface area contributed by atoms with Gasteiger partial charge < -0.3 is 10.6 Å². The Morgan fingerprint density at radius 1 is 1.22 bits per heavy atom. The molecule has 18 heavy (non-hydrogen) atoms. The van der Waals surface area contributed by atoms with E-state index in [-0.39, 0.29) is 6.04 Å². The Morgan fingerprint density at radius 2 is 1.78 bits per heavy atom. The second kappa shape index (κ2) is 6.69. The van der Waals surface area contributed by atoms with E-state index in [1.807, 2.05) is 12.1 Å². The van der Waals surface area contributed by atoms with Gasteiger partial charge in [-0.2, -0.15) is 0 Å². The molecule has 1 aromatic rings. The summed E-state index contributed by atoms with van der Waals surface area (Å²) in [5.41, 5.74) is 7.77. The Hall–Kier alpha value is -0.380. The third-order valence-electron chi connectivity index (χ3n) is 2.86. The molecule has 0 bridgehead atoms. The molecule has 2 N–H and O–H groups in total. The molecule has 0 radical (unpaired) electrons. The van der Waals surface area contributed by atoms with Gasteiger partial charge in [0, 0.05) is 17.1 Å². The number of benzene rings is 1. The van der Waals surface area contributed by atoms with Crippen molar-refractivity contribution >= 4 is 15.9 Å². The Bertz CT molecular complexity index is 354. The molecule has 1 atom stereocenters. The van der Waals surface area contributed by atoms with Gasteiger partial charge in [-0.05, 0) is 43.1 Å². The number of rotatable bonds is 5. The molecule has 102 valence electrons. The summed E-state index contributed by atoms with van der Waals surface area (Å²) >= 11 is 3.44. The van der Waals surface area contributed by atoms with Crippen molar-refractivity contribution in [3.05, 3.63) is 34.3 Å². The first-order valence-corrected chi connectivity index (χ1v) is 7.27. The molecule has 2 nitrogen and oxygen atoms in total. The van der Waals surface area contributed by atoms with E-state index in [2.05, 4.69) is 60.8 Å². The van der Waals surface area contributed by atoms with Crippen LogP contribution in [0.4, 0.5) is 0 Å². The summed E-state index contributed by atoms with van der Waals surface area (Å²) in [6.45, 7) is 8.92. The monoisotopic (exact) mass is 312 g/mol. The van der Waals surface area contributed by atoms with Crippen LogP contribution in [-0.2, 0) is 0 Å². The van der Waals surface area contributed by atoms with E-state index >= 15 is 0 Å². The molecule has 1 aromatic carbocycles. The summed E-state index contributed by atoms with van der Waals surface area (Å²) in [5, 5.41) is 0. The van der Waals surface area contributed by atoms with Crippen LogP contribution in [0.2, 0.25) is 0 Å². The number of hydrogen-bond donors (Lipinski definition) is 1. The zero-order valence-corrected chi connectivity index (χ0v) is 13.5. The van der Waals surface area contributed by atoms with Crippen LogP contribution in [0.3, 0.4) is 0 Å².